The molecule has 1 aromatic carbocycles. The minimum Gasteiger partial charge on any atom is -0.381 e. The molecule has 1 aliphatic rings. The number of benzene rings is 1. The molecule has 0 spiro atoms. The smallest absolute Gasteiger partial charge is 0.221 e. The number of halogens is 1. The number of fused-ring (bicyclic) bond motifs is 1. The zero-order chi connectivity index (χ0) is 43.6. The predicted molar refractivity (Wildman–Crippen MR) is 245 cm³/mol. The molecule has 1 aliphatic carbocycles. The van der Waals surface area contributed by atoms with Gasteiger partial charge in [-0.3, -0.25) is 14.4 Å². The summed E-state index contributed by atoms with van der Waals surface area (Å²) in [5.74, 6) is 0.452. The first-order valence-electron chi connectivity index (χ1n) is 22.3. The summed E-state index contributed by atoms with van der Waals surface area (Å²) in [5, 5.41) is 9.70. The van der Waals surface area contributed by atoms with Gasteiger partial charge in [0.05, 0.1) is 5.60 Å². The molecule has 3 N–H and O–H groups in total. The average molecular weight is 874 g/mol. The molecular formula is C48H81BrN4O5. The average Bonchev–Trinajstić information content (AvgIpc) is 3.41. The molecule has 0 aliphatic heterocycles. The molecule has 3 amide bonds. The Bertz CT molecular complexity index is 1510. The zero-order valence-electron chi connectivity index (χ0n) is 38.4. The van der Waals surface area contributed by atoms with E-state index in [0.29, 0.717) is 64.6 Å². The van der Waals surface area contributed by atoms with E-state index in [1.54, 1.807) is 0 Å². The van der Waals surface area contributed by atoms with E-state index in [2.05, 4.69) is 144 Å². The second kappa shape index (κ2) is 24.7. The lowest BCUT2D eigenvalue weighted by atomic mass is 9.71. The van der Waals surface area contributed by atoms with Crippen molar-refractivity contribution in [3.05, 3.63) is 52.0 Å². The predicted octanol–water partition coefficient (Wildman–Crippen LogP) is 10.1. The van der Waals surface area contributed by atoms with Crippen molar-refractivity contribution in [2.45, 2.75) is 175 Å². The van der Waals surface area contributed by atoms with E-state index in [9.17, 15) is 14.4 Å². The number of carbonyl (C=O) groups excluding carboxylic acids is 3. The van der Waals surface area contributed by atoms with Gasteiger partial charge in [0.2, 0.25) is 17.7 Å². The Labute approximate surface area is 361 Å². The van der Waals surface area contributed by atoms with Crippen LogP contribution in [-0.4, -0.2) is 85.3 Å². The maximum atomic E-state index is 13.5. The minimum absolute atomic E-state index is 0.00867. The standard InChI is InChI=1S/C48H81BrN4O5/c1-13-24-48(37(8)39(15-3)40-20-19-38(49)34-41(40)48)25-21-42(54)50-28-31-53(29-22-43(55)51-46(11,17-5)26-32-57-35-36(7)14-2)30-23-44(56)52-47(12,18-6)27-33-58-45(9,10)16-4/h15,19-20,34,36H,8,13-14,16-18,21-33,35H2,1-7,9-12H3,(H,50,54)(H,51,55)(H,52,56). The number of hydrogen-bond donors (Lipinski definition) is 3. The topological polar surface area (TPSA) is 109 Å². The lowest BCUT2D eigenvalue weighted by molar-refractivity contribution is -0.124. The molecule has 330 valence electrons. The van der Waals surface area contributed by atoms with Gasteiger partial charge >= 0.3 is 0 Å². The van der Waals surface area contributed by atoms with Crippen molar-refractivity contribution in [1.82, 2.24) is 20.9 Å². The highest BCUT2D eigenvalue weighted by Gasteiger charge is 2.43. The molecule has 1 aromatic rings. The summed E-state index contributed by atoms with van der Waals surface area (Å²) < 4.78 is 13.1. The highest BCUT2D eigenvalue weighted by atomic mass is 79.9. The monoisotopic (exact) mass is 873 g/mol. The third-order valence-corrected chi connectivity index (χ3v) is 13.3. The summed E-state index contributed by atoms with van der Waals surface area (Å²) in [5.41, 5.74) is 3.47. The lowest BCUT2D eigenvalue weighted by Crippen LogP contribution is -2.48. The molecule has 4 atom stereocenters. The largest absolute Gasteiger partial charge is 0.381 e. The van der Waals surface area contributed by atoms with Crippen LogP contribution in [0.1, 0.15) is 164 Å². The fourth-order valence-electron chi connectivity index (χ4n) is 7.61. The molecule has 0 heterocycles. The Morgan fingerprint density at radius 1 is 0.862 bits per heavy atom. The van der Waals surface area contributed by atoms with Crippen molar-refractivity contribution in [3.63, 3.8) is 0 Å². The van der Waals surface area contributed by atoms with Crippen LogP contribution in [0.2, 0.25) is 0 Å². The number of allylic oxidation sites excluding steroid dienone is 3. The first-order chi connectivity index (χ1) is 27.4. The van der Waals surface area contributed by atoms with Gasteiger partial charge in [0.15, 0.2) is 0 Å². The summed E-state index contributed by atoms with van der Waals surface area (Å²) in [6, 6.07) is 6.43. The highest BCUT2D eigenvalue weighted by molar-refractivity contribution is 9.10. The van der Waals surface area contributed by atoms with Crippen molar-refractivity contribution in [2.24, 2.45) is 5.92 Å². The van der Waals surface area contributed by atoms with E-state index < -0.39 is 0 Å². The Balaban J connectivity index is 2.09. The van der Waals surface area contributed by atoms with Crippen LogP contribution in [0.4, 0.5) is 0 Å². The van der Waals surface area contributed by atoms with Gasteiger partial charge in [-0.15, -0.1) is 0 Å². The zero-order valence-corrected chi connectivity index (χ0v) is 40.0. The Hall–Kier alpha value is -2.53. The maximum absolute atomic E-state index is 13.5. The molecule has 2 rings (SSSR count). The van der Waals surface area contributed by atoms with Gasteiger partial charge in [-0.1, -0.05) is 89.0 Å². The number of nitrogens with zero attached hydrogens (tertiary/aromatic N) is 1. The molecule has 58 heavy (non-hydrogen) atoms. The fourth-order valence-corrected chi connectivity index (χ4v) is 7.98. The molecule has 0 aromatic heterocycles. The van der Waals surface area contributed by atoms with Crippen LogP contribution < -0.4 is 16.0 Å². The maximum Gasteiger partial charge on any atom is 0.221 e. The first kappa shape index (κ1) is 51.6. The molecule has 10 heteroatoms. The quantitative estimate of drug-likeness (QED) is 0.0692. The number of carbonyl (C=O) groups is 3. The molecule has 0 saturated heterocycles. The number of hydrogen-bond acceptors (Lipinski definition) is 6. The number of amides is 3. The molecule has 9 nitrogen and oxygen atoms in total. The van der Waals surface area contributed by atoms with Crippen molar-refractivity contribution >= 4 is 39.2 Å². The van der Waals surface area contributed by atoms with Gasteiger partial charge in [0.1, 0.15) is 0 Å². The fraction of sp³-hybridized carbons (Fsp3) is 0.729. The molecule has 0 fully saturated rings. The van der Waals surface area contributed by atoms with Crippen LogP contribution in [0.3, 0.4) is 0 Å². The van der Waals surface area contributed by atoms with Gasteiger partial charge in [0, 0.05) is 86.2 Å². The summed E-state index contributed by atoms with van der Waals surface area (Å²) in [6.45, 7) is 31.6. The Morgan fingerprint density at radius 3 is 2.00 bits per heavy atom. The number of nitrogens with one attached hydrogen (secondary N) is 3. The van der Waals surface area contributed by atoms with E-state index >= 15 is 0 Å². The molecule has 0 bridgehead atoms. The van der Waals surface area contributed by atoms with Gasteiger partial charge < -0.3 is 30.3 Å². The van der Waals surface area contributed by atoms with Crippen LogP contribution in [0.25, 0.3) is 5.57 Å². The van der Waals surface area contributed by atoms with Crippen molar-refractivity contribution in [1.29, 1.82) is 0 Å². The van der Waals surface area contributed by atoms with Crippen molar-refractivity contribution in [3.8, 4) is 0 Å². The Morgan fingerprint density at radius 2 is 1.47 bits per heavy atom. The second-order valence-corrected chi connectivity index (χ2v) is 18.8. The van der Waals surface area contributed by atoms with E-state index in [0.717, 1.165) is 68.0 Å². The second-order valence-electron chi connectivity index (χ2n) is 17.9. The van der Waals surface area contributed by atoms with Crippen LogP contribution in [0.5, 0.6) is 0 Å². The van der Waals surface area contributed by atoms with Gasteiger partial charge in [-0.2, -0.15) is 0 Å². The normalized spacial score (nSPS) is 18.8. The third kappa shape index (κ3) is 16.2. The third-order valence-electron chi connectivity index (χ3n) is 12.8. The van der Waals surface area contributed by atoms with Gasteiger partial charge in [-0.05, 0) is 120 Å². The molecule has 0 saturated carbocycles. The first-order valence-corrected chi connectivity index (χ1v) is 23.1. The van der Waals surface area contributed by atoms with Crippen LogP contribution >= 0.6 is 15.9 Å². The van der Waals surface area contributed by atoms with Crippen LogP contribution in [0.15, 0.2) is 40.9 Å². The van der Waals surface area contributed by atoms with E-state index in [-0.39, 0.29) is 46.2 Å². The van der Waals surface area contributed by atoms with E-state index in [1.807, 2.05) is 0 Å². The lowest BCUT2D eigenvalue weighted by Gasteiger charge is -2.32. The van der Waals surface area contributed by atoms with Gasteiger partial charge in [-0.25, -0.2) is 0 Å². The number of rotatable bonds is 29. The summed E-state index contributed by atoms with van der Waals surface area (Å²) in [4.78, 5) is 42.4. The summed E-state index contributed by atoms with van der Waals surface area (Å²) >= 11 is 3.68. The van der Waals surface area contributed by atoms with Crippen LogP contribution in [0, 0.1) is 5.92 Å². The van der Waals surface area contributed by atoms with Crippen molar-refractivity contribution < 1.29 is 23.9 Å². The minimum atomic E-state index is -0.382. The Kier molecular flexibility index (Phi) is 21.9. The molecule has 4 unspecified atom stereocenters. The molecule has 0 radical (unpaired) electrons. The number of ether oxygens (including phenoxy) is 2. The van der Waals surface area contributed by atoms with Crippen molar-refractivity contribution in [2.75, 3.05) is 46.0 Å². The summed E-state index contributed by atoms with van der Waals surface area (Å²) in [7, 11) is 0. The van der Waals surface area contributed by atoms with E-state index in [1.165, 1.54) is 16.7 Å². The van der Waals surface area contributed by atoms with Gasteiger partial charge in [0.25, 0.3) is 0 Å². The molecular weight excluding hydrogens is 792 g/mol. The summed E-state index contributed by atoms with van der Waals surface area (Å²) in [6.07, 6.45) is 10.7. The highest BCUT2D eigenvalue weighted by Crippen LogP contribution is 2.54. The van der Waals surface area contributed by atoms with E-state index in [4.69, 9.17) is 9.47 Å². The SMILES string of the molecule is C=C1C(=CC)c2ccc(Br)cc2C1(CCC)CCC(=O)NCCN(CCC(=O)NC(C)(CC)CCOCC(C)CC)CCC(=O)NC(C)(CC)CCOC(C)(C)CC. The van der Waals surface area contributed by atoms with Crippen LogP contribution in [-0.2, 0) is 29.3 Å².